The van der Waals surface area contributed by atoms with Gasteiger partial charge in [-0.25, -0.2) is 15.0 Å². The lowest BCUT2D eigenvalue weighted by atomic mass is 10.2. The second-order valence-electron chi connectivity index (χ2n) is 2.89. The topological polar surface area (TPSA) is 58.9 Å². The Kier molecular flexibility index (Phi) is 2.10. The van der Waals surface area contributed by atoms with Crippen molar-refractivity contribution in [1.29, 1.82) is 0 Å². The van der Waals surface area contributed by atoms with Crippen molar-refractivity contribution in [2.24, 2.45) is 0 Å². The zero-order valence-electron chi connectivity index (χ0n) is 7.68. The number of rotatable bonds is 1. The Morgan fingerprint density at radius 3 is 2.64 bits per heavy atom. The lowest BCUT2D eigenvalue weighted by Gasteiger charge is -2.00. The van der Waals surface area contributed by atoms with Crippen molar-refractivity contribution in [2.45, 2.75) is 6.92 Å². The van der Waals surface area contributed by atoms with E-state index in [0.717, 1.165) is 17.1 Å². The van der Waals surface area contributed by atoms with Crippen molar-refractivity contribution in [3.8, 4) is 17.1 Å². The molecule has 0 bridgehead atoms. The first-order chi connectivity index (χ1) is 6.75. The quantitative estimate of drug-likeness (QED) is 0.735. The highest BCUT2D eigenvalue weighted by Gasteiger charge is 1.99. The van der Waals surface area contributed by atoms with Crippen molar-refractivity contribution < 1.29 is 5.11 Å². The van der Waals surface area contributed by atoms with E-state index < -0.39 is 0 Å². The summed E-state index contributed by atoms with van der Waals surface area (Å²) in [4.78, 5) is 12.0. The number of hydrogen-bond acceptors (Lipinski definition) is 4. The Balaban J connectivity index is 2.44. The summed E-state index contributed by atoms with van der Waals surface area (Å²) in [6.45, 7) is 1.83. The van der Waals surface area contributed by atoms with Crippen LogP contribution in [-0.2, 0) is 0 Å². The lowest BCUT2D eigenvalue weighted by Crippen LogP contribution is -1.89. The van der Waals surface area contributed by atoms with E-state index in [-0.39, 0.29) is 5.88 Å². The molecule has 2 rings (SSSR count). The van der Waals surface area contributed by atoms with E-state index >= 15 is 0 Å². The van der Waals surface area contributed by atoms with Gasteiger partial charge in [-0.3, -0.25) is 0 Å². The first-order valence-corrected chi connectivity index (χ1v) is 4.21. The molecule has 4 nitrogen and oxygen atoms in total. The Morgan fingerprint density at radius 1 is 1.14 bits per heavy atom. The van der Waals surface area contributed by atoms with Crippen molar-refractivity contribution in [2.75, 3.05) is 0 Å². The standard InChI is InChI=1S/C10H9N3O/c1-7-11-5-4-9(13-7)8-2-3-10(14)12-6-8/h2-6H,1H3,(H,12,14). The van der Waals surface area contributed by atoms with Crippen LogP contribution in [0.15, 0.2) is 30.6 Å². The fourth-order valence-electron chi connectivity index (χ4n) is 1.15. The average molecular weight is 187 g/mol. The minimum absolute atomic E-state index is 0.0135. The molecule has 0 spiro atoms. The summed E-state index contributed by atoms with van der Waals surface area (Å²) in [5.41, 5.74) is 1.68. The minimum atomic E-state index is 0.0135. The van der Waals surface area contributed by atoms with Gasteiger partial charge in [-0.1, -0.05) is 0 Å². The van der Waals surface area contributed by atoms with Crippen LogP contribution in [0.5, 0.6) is 5.88 Å². The maximum atomic E-state index is 9.01. The third kappa shape index (κ3) is 1.69. The summed E-state index contributed by atoms with van der Waals surface area (Å²) >= 11 is 0. The molecule has 2 heterocycles. The van der Waals surface area contributed by atoms with Crippen LogP contribution in [-0.4, -0.2) is 20.1 Å². The van der Waals surface area contributed by atoms with Crippen molar-refractivity contribution >= 4 is 0 Å². The Morgan fingerprint density at radius 2 is 2.00 bits per heavy atom. The Bertz CT molecular complexity index is 439. The van der Waals surface area contributed by atoms with E-state index in [0.29, 0.717) is 0 Å². The third-order valence-electron chi connectivity index (χ3n) is 1.82. The molecule has 1 N–H and O–H groups in total. The molecule has 0 aromatic carbocycles. The summed E-state index contributed by atoms with van der Waals surface area (Å²) in [6.07, 6.45) is 3.28. The summed E-state index contributed by atoms with van der Waals surface area (Å²) in [6, 6.07) is 5.11. The molecule has 2 aromatic heterocycles. The monoisotopic (exact) mass is 187 g/mol. The summed E-state index contributed by atoms with van der Waals surface area (Å²) in [5.74, 6) is 0.732. The minimum Gasteiger partial charge on any atom is -0.493 e. The molecular formula is C10H9N3O. The van der Waals surface area contributed by atoms with E-state index in [9.17, 15) is 0 Å². The molecule has 4 heteroatoms. The molecule has 0 saturated heterocycles. The van der Waals surface area contributed by atoms with Crippen LogP contribution >= 0.6 is 0 Å². The molecular weight excluding hydrogens is 178 g/mol. The number of aromatic hydroxyl groups is 1. The maximum absolute atomic E-state index is 9.01. The number of pyridine rings is 1. The first kappa shape index (κ1) is 8.62. The molecule has 0 aliphatic carbocycles. The SMILES string of the molecule is Cc1nccc(-c2ccc(O)nc2)n1. The van der Waals surface area contributed by atoms with E-state index in [1.165, 1.54) is 6.07 Å². The fourth-order valence-corrected chi connectivity index (χ4v) is 1.15. The predicted molar refractivity (Wildman–Crippen MR) is 51.7 cm³/mol. The van der Waals surface area contributed by atoms with Gasteiger partial charge in [0.15, 0.2) is 0 Å². The maximum Gasteiger partial charge on any atom is 0.210 e. The molecule has 14 heavy (non-hydrogen) atoms. The summed E-state index contributed by atoms with van der Waals surface area (Å²) in [7, 11) is 0. The van der Waals surface area contributed by atoms with Gasteiger partial charge in [-0.2, -0.15) is 0 Å². The van der Waals surface area contributed by atoms with Gasteiger partial charge in [-0.05, 0) is 19.1 Å². The normalized spacial score (nSPS) is 10.1. The number of hydrogen-bond donors (Lipinski definition) is 1. The average Bonchev–Trinajstić information content (AvgIpc) is 2.19. The molecule has 0 saturated carbocycles. The highest BCUT2D eigenvalue weighted by molar-refractivity contribution is 5.57. The second kappa shape index (κ2) is 3.41. The van der Waals surface area contributed by atoms with E-state index in [2.05, 4.69) is 15.0 Å². The zero-order valence-corrected chi connectivity index (χ0v) is 7.68. The van der Waals surface area contributed by atoms with Crippen LogP contribution in [0.2, 0.25) is 0 Å². The zero-order chi connectivity index (χ0) is 9.97. The lowest BCUT2D eigenvalue weighted by molar-refractivity contribution is 0.453. The van der Waals surface area contributed by atoms with Crippen LogP contribution in [0, 0.1) is 6.92 Å². The smallest absolute Gasteiger partial charge is 0.210 e. The van der Waals surface area contributed by atoms with Crippen LogP contribution in [0.25, 0.3) is 11.3 Å². The molecule has 0 atom stereocenters. The van der Waals surface area contributed by atoms with Gasteiger partial charge in [0.25, 0.3) is 0 Å². The Hall–Kier alpha value is -1.97. The molecule has 0 unspecified atom stereocenters. The molecule has 70 valence electrons. The largest absolute Gasteiger partial charge is 0.493 e. The highest BCUT2D eigenvalue weighted by atomic mass is 16.3. The van der Waals surface area contributed by atoms with Gasteiger partial charge in [0.05, 0.1) is 5.69 Å². The van der Waals surface area contributed by atoms with Gasteiger partial charge in [0.1, 0.15) is 5.82 Å². The Labute approximate surface area is 81.3 Å². The van der Waals surface area contributed by atoms with Crippen LogP contribution in [0.3, 0.4) is 0 Å². The van der Waals surface area contributed by atoms with Gasteiger partial charge >= 0.3 is 0 Å². The highest BCUT2D eigenvalue weighted by Crippen LogP contribution is 2.16. The van der Waals surface area contributed by atoms with Crippen LogP contribution in [0.1, 0.15) is 5.82 Å². The number of nitrogens with zero attached hydrogens (tertiary/aromatic N) is 3. The van der Waals surface area contributed by atoms with E-state index in [1.807, 2.05) is 6.92 Å². The van der Waals surface area contributed by atoms with Crippen molar-refractivity contribution in [3.05, 3.63) is 36.4 Å². The molecule has 0 amide bonds. The van der Waals surface area contributed by atoms with Gasteiger partial charge in [0, 0.05) is 24.0 Å². The second-order valence-corrected chi connectivity index (χ2v) is 2.89. The predicted octanol–water partition coefficient (Wildman–Crippen LogP) is 1.55. The van der Waals surface area contributed by atoms with E-state index in [1.54, 1.807) is 24.5 Å². The summed E-state index contributed by atoms with van der Waals surface area (Å²) in [5, 5.41) is 9.01. The van der Waals surface area contributed by atoms with Crippen LogP contribution in [0.4, 0.5) is 0 Å². The van der Waals surface area contributed by atoms with Gasteiger partial charge in [0.2, 0.25) is 5.88 Å². The molecule has 2 aromatic rings. The van der Waals surface area contributed by atoms with Gasteiger partial charge < -0.3 is 5.11 Å². The van der Waals surface area contributed by atoms with Crippen molar-refractivity contribution in [3.63, 3.8) is 0 Å². The number of aryl methyl sites for hydroxylation is 1. The summed E-state index contributed by atoms with van der Waals surface area (Å²) < 4.78 is 0. The fraction of sp³-hybridized carbons (Fsp3) is 0.100. The number of aromatic nitrogens is 3. The van der Waals surface area contributed by atoms with Crippen molar-refractivity contribution in [1.82, 2.24) is 15.0 Å². The van der Waals surface area contributed by atoms with E-state index in [4.69, 9.17) is 5.11 Å². The van der Waals surface area contributed by atoms with Crippen LogP contribution < -0.4 is 0 Å². The van der Waals surface area contributed by atoms with Gasteiger partial charge in [-0.15, -0.1) is 0 Å². The first-order valence-electron chi connectivity index (χ1n) is 4.21. The third-order valence-corrected chi connectivity index (χ3v) is 1.82. The molecule has 0 aliphatic rings. The molecule has 0 fully saturated rings. The molecule has 0 radical (unpaired) electrons. The molecule has 0 aliphatic heterocycles.